The SMILES string of the molecule is CCOc1ccc(NC(=O)c2ccccc2NC(=O)C(C)Oc2ccccc2C)cc1. The van der Waals surface area contributed by atoms with E-state index in [1.807, 2.05) is 38.1 Å². The van der Waals surface area contributed by atoms with Gasteiger partial charge in [0, 0.05) is 5.69 Å². The van der Waals surface area contributed by atoms with E-state index in [9.17, 15) is 9.59 Å². The van der Waals surface area contributed by atoms with E-state index in [2.05, 4.69) is 10.6 Å². The van der Waals surface area contributed by atoms with Crippen LogP contribution in [-0.2, 0) is 4.79 Å². The molecule has 0 heterocycles. The van der Waals surface area contributed by atoms with Crippen LogP contribution in [0.3, 0.4) is 0 Å². The van der Waals surface area contributed by atoms with Crippen LogP contribution in [0.2, 0.25) is 0 Å². The molecule has 6 nitrogen and oxygen atoms in total. The zero-order valence-corrected chi connectivity index (χ0v) is 17.8. The summed E-state index contributed by atoms with van der Waals surface area (Å²) in [7, 11) is 0. The topological polar surface area (TPSA) is 76.7 Å². The van der Waals surface area contributed by atoms with Crippen molar-refractivity contribution in [1.82, 2.24) is 0 Å². The highest BCUT2D eigenvalue weighted by Crippen LogP contribution is 2.21. The smallest absolute Gasteiger partial charge is 0.265 e. The van der Waals surface area contributed by atoms with Gasteiger partial charge in [-0.1, -0.05) is 30.3 Å². The first kappa shape index (κ1) is 21.9. The Kier molecular flexibility index (Phi) is 7.27. The predicted molar refractivity (Wildman–Crippen MR) is 122 cm³/mol. The maximum atomic E-state index is 12.8. The van der Waals surface area contributed by atoms with E-state index in [4.69, 9.17) is 9.47 Å². The monoisotopic (exact) mass is 418 g/mol. The fourth-order valence-electron chi connectivity index (χ4n) is 2.96. The van der Waals surface area contributed by atoms with Gasteiger partial charge in [-0.05, 0) is 68.8 Å². The molecule has 0 bridgehead atoms. The van der Waals surface area contributed by atoms with Crippen molar-refractivity contribution in [3.8, 4) is 11.5 Å². The van der Waals surface area contributed by atoms with Crippen LogP contribution >= 0.6 is 0 Å². The highest BCUT2D eigenvalue weighted by Gasteiger charge is 2.19. The molecular formula is C25H26N2O4. The largest absolute Gasteiger partial charge is 0.494 e. The third-order valence-electron chi connectivity index (χ3n) is 4.62. The lowest BCUT2D eigenvalue weighted by molar-refractivity contribution is -0.122. The van der Waals surface area contributed by atoms with Crippen molar-refractivity contribution in [1.29, 1.82) is 0 Å². The summed E-state index contributed by atoms with van der Waals surface area (Å²) >= 11 is 0. The molecule has 0 aromatic heterocycles. The first-order valence-electron chi connectivity index (χ1n) is 10.1. The third kappa shape index (κ3) is 5.85. The van der Waals surface area contributed by atoms with Crippen LogP contribution in [0, 0.1) is 6.92 Å². The molecular weight excluding hydrogens is 392 g/mol. The van der Waals surface area contributed by atoms with E-state index in [0.717, 1.165) is 11.3 Å². The van der Waals surface area contributed by atoms with Crippen molar-refractivity contribution in [3.63, 3.8) is 0 Å². The Morgan fingerprint density at radius 3 is 2.29 bits per heavy atom. The molecule has 6 heteroatoms. The van der Waals surface area contributed by atoms with Gasteiger partial charge in [0.05, 0.1) is 17.9 Å². The zero-order valence-electron chi connectivity index (χ0n) is 17.8. The van der Waals surface area contributed by atoms with Crippen LogP contribution in [-0.4, -0.2) is 24.5 Å². The molecule has 0 aliphatic heterocycles. The maximum Gasteiger partial charge on any atom is 0.265 e. The molecule has 1 atom stereocenters. The molecule has 0 spiro atoms. The van der Waals surface area contributed by atoms with Crippen molar-refractivity contribution < 1.29 is 19.1 Å². The van der Waals surface area contributed by atoms with E-state index in [1.54, 1.807) is 55.5 Å². The third-order valence-corrected chi connectivity index (χ3v) is 4.62. The Labute approximate surface area is 182 Å². The molecule has 0 aliphatic carbocycles. The predicted octanol–water partition coefficient (Wildman–Crippen LogP) is 5.05. The van der Waals surface area contributed by atoms with Crippen molar-refractivity contribution in [2.75, 3.05) is 17.2 Å². The van der Waals surface area contributed by atoms with Gasteiger partial charge < -0.3 is 20.1 Å². The molecule has 3 aromatic rings. The quantitative estimate of drug-likeness (QED) is 0.537. The number of anilines is 2. The maximum absolute atomic E-state index is 12.8. The summed E-state index contributed by atoms with van der Waals surface area (Å²) in [6, 6.07) is 21.5. The van der Waals surface area contributed by atoms with Crippen LogP contribution in [0.4, 0.5) is 11.4 Å². The molecule has 31 heavy (non-hydrogen) atoms. The number of ether oxygens (including phenoxy) is 2. The van der Waals surface area contributed by atoms with Gasteiger partial charge in [-0.25, -0.2) is 0 Å². The van der Waals surface area contributed by atoms with Gasteiger partial charge >= 0.3 is 0 Å². The summed E-state index contributed by atoms with van der Waals surface area (Å²) in [4.78, 5) is 25.5. The number of rotatable bonds is 8. The van der Waals surface area contributed by atoms with Crippen molar-refractivity contribution >= 4 is 23.2 Å². The van der Waals surface area contributed by atoms with Gasteiger partial charge in [0.15, 0.2) is 6.10 Å². The number of amides is 2. The summed E-state index contributed by atoms with van der Waals surface area (Å²) in [5.74, 6) is 0.708. The van der Waals surface area contributed by atoms with Gasteiger partial charge in [0.25, 0.3) is 11.8 Å². The van der Waals surface area contributed by atoms with E-state index < -0.39 is 6.10 Å². The van der Waals surface area contributed by atoms with Crippen LogP contribution in [0.25, 0.3) is 0 Å². The standard InChI is InChI=1S/C25H26N2O4/c1-4-30-20-15-13-19(14-16-20)26-25(29)21-10-6-7-11-22(21)27-24(28)18(3)31-23-12-8-5-9-17(23)2/h5-16,18H,4H2,1-3H3,(H,26,29)(H,27,28). The minimum Gasteiger partial charge on any atom is -0.494 e. The fraction of sp³-hybridized carbons (Fsp3) is 0.200. The Bertz CT molecular complexity index is 1050. The molecule has 0 saturated carbocycles. The fourth-order valence-corrected chi connectivity index (χ4v) is 2.96. The van der Waals surface area contributed by atoms with E-state index >= 15 is 0 Å². The number of carbonyl (C=O) groups is 2. The molecule has 0 aliphatic rings. The second kappa shape index (κ2) is 10.3. The van der Waals surface area contributed by atoms with Gasteiger partial charge in [0.1, 0.15) is 11.5 Å². The molecule has 2 N–H and O–H groups in total. The summed E-state index contributed by atoms with van der Waals surface area (Å²) in [6.45, 7) is 6.07. The lowest BCUT2D eigenvalue weighted by atomic mass is 10.1. The first-order chi connectivity index (χ1) is 15.0. The number of hydrogen-bond acceptors (Lipinski definition) is 4. The molecule has 0 radical (unpaired) electrons. The van der Waals surface area contributed by atoms with Crippen LogP contribution in [0.15, 0.2) is 72.8 Å². The van der Waals surface area contributed by atoms with Crippen molar-refractivity contribution in [2.24, 2.45) is 0 Å². The molecule has 0 saturated heterocycles. The number of aryl methyl sites for hydroxylation is 1. The van der Waals surface area contributed by atoms with Crippen molar-refractivity contribution in [2.45, 2.75) is 26.9 Å². The summed E-state index contributed by atoms with van der Waals surface area (Å²) in [5, 5.41) is 5.64. The highest BCUT2D eigenvalue weighted by molar-refractivity contribution is 6.10. The first-order valence-corrected chi connectivity index (χ1v) is 10.1. The van der Waals surface area contributed by atoms with Gasteiger partial charge in [0.2, 0.25) is 0 Å². The summed E-state index contributed by atoms with van der Waals surface area (Å²) in [5.41, 5.74) is 2.34. The van der Waals surface area contributed by atoms with Crippen LogP contribution < -0.4 is 20.1 Å². The van der Waals surface area contributed by atoms with Gasteiger partial charge in [-0.15, -0.1) is 0 Å². The number of para-hydroxylation sites is 2. The molecule has 2 amide bonds. The minimum absolute atomic E-state index is 0.326. The van der Waals surface area contributed by atoms with E-state index in [1.165, 1.54) is 0 Å². The van der Waals surface area contributed by atoms with Crippen molar-refractivity contribution in [3.05, 3.63) is 83.9 Å². The lowest BCUT2D eigenvalue weighted by Gasteiger charge is -2.17. The second-order valence-electron chi connectivity index (χ2n) is 6.97. The van der Waals surface area contributed by atoms with Gasteiger partial charge in [-0.2, -0.15) is 0 Å². The van der Waals surface area contributed by atoms with E-state index in [0.29, 0.717) is 29.3 Å². The lowest BCUT2D eigenvalue weighted by Crippen LogP contribution is -2.31. The molecule has 0 fully saturated rings. The molecule has 160 valence electrons. The molecule has 3 rings (SSSR count). The van der Waals surface area contributed by atoms with Crippen LogP contribution in [0.1, 0.15) is 29.8 Å². The average Bonchev–Trinajstić information content (AvgIpc) is 2.77. The van der Waals surface area contributed by atoms with Crippen LogP contribution in [0.5, 0.6) is 11.5 Å². The summed E-state index contributed by atoms with van der Waals surface area (Å²) < 4.78 is 11.2. The molecule has 3 aromatic carbocycles. The van der Waals surface area contributed by atoms with E-state index in [-0.39, 0.29) is 11.8 Å². The Hall–Kier alpha value is -3.80. The summed E-state index contributed by atoms with van der Waals surface area (Å²) in [6.07, 6.45) is -0.733. The normalized spacial score (nSPS) is 11.3. The highest BCUT2D eigenvalue weighted by atomic mass is 16.5. The Balaban J connectivity index is 1.68. The Morgan fingerprint density at radius 2 is 1.58 bits per heavy atom. The molecule has 1 unspecified atom stereocenters. The zero-order chi connectivity index (χ0) is 22.2. The number of nitrogens with one attached hydrogen (secondary N) is 2. The average molecular weight is 418 g/mol. The number of carbonyl (C=O) groups excluding carboxylic acids is 2. The number of benzene rings is 3. The Morgan fingerprint density at radius 1 is 0.903 bits per heavy atom. The number of hydrogen-bond donors (Lipinski definition) is 2. The van der Waals surface area contributed by atoms with Gasteiger partial charge in [-0.3, -0.25) is 9.59 Å². The minimum atomic E-state index is -0.733. The second-order valence-corrected chi connectivity index (χ2v) is 6.97.